The molecule has 35 heavy (non-hydrogen) atoms. The number of fused-ring (bicyclic) bond motifs is 3. The second-order valence-electron chi connectivity index (χ2n) is 9.70. The first-order chi connectivity index (χ1) is 16.8. The number of amides is 2. The van der Waals surface area contributed by atoms with Crippen LogP contribution in [0.25, 0.3) is 11.1 Å². The summed E-state index contributed by atoms with van der Waals surface area (Å²) in [5, 5.41) is 14.9. The van der Waals surface area contributed by atoms with E-state index in [0.717, 1.165) is 11.1 Å². The fourth-order valence-corrected chi connectivity index (χ4v) is 4.98. The Balaban J connectivity index is 1.32. The molecule has 0 aliphatic heterocycles. The fraction of sp³-hybridized carbons (Fsp3) is 0.393. The minimum absolute atomic E-state index is 0.0255. The molecule has 2 amide bonds. The van der Waals surface area contributed by atoms with Crippen LogP contribution >= 0.6 is 0 Å². The molecule has 2 aromatic rings. The molecule has 184 valence electrons. The van der Waals surface area contributed by atoms with Crippen LogP contribution in [0.15, 0.2) is 60.7 Å². The summed E-state index contributed by atoms with van der Waals surface area (Å²) in [5.41, 5.74) is 4.62. The van der Waals surface area contributed by atoms with Gasteiger partial charge in [0.05, 0.1) is 6.04 Å². The Morgan fingerprint density at radius 3 is 2.26 bits per heavy atom. The third-order valence-corrected chi connectivity index (χ3v) is 6.67. The van der Waals surface area contributed by atoms with Crippen molar-refractivity contribution in [2.45, 2.75) is 51.1 Å². The largest absolute Gasteiger partial charge is 0.480 e. The lowest BCUT2D eigenvalue weighted by molar-refractivity contribution is -0.143. The molecule has 0 fully saturated rings. The van der Waals surface area contributed by atoms with Crippen LogP contribution in [0.4, 0.5) is 4.79 Å². The van der Waals surface area contributed by atoms with Gasteiger partial charge in [-0.25, -0.2) is 9.59 Å². The van der Waals surface area contributed by atoms with Crippen molar-refractivity contribution in [2.24, 2.45) is 11.8 Å². The van der Waals surface area contributed by atoms with E-state index in [1.54, 1.807) is 0 Å². The second-order valence-corrected chi connectivity index (χ2v) is 9.70. The Bertz CT molecular complexity index is 1080. The number of benzene rings is 2. The summed E-state index contributed by atoms with van der Waals surface area (Å²) in [4.78, 5) is 36.8. The Morgan fingerprint density at radius 1 is 1.03 bits per heavy atom. The minimum Gasteiger partial charge on any atom is -0.480 e. The molecule has 0 spiro atoms. The van der Waals surface area contributed by atoms with E-state index in [4.69, 9.17) is 4.74 Å². The van der Waals surface area contributed by atoms with Crippen LogP contribution in [-0.2, 0) is 14.3 Å². The van der Waals surface area contributed by atoms with Crippen molar-refractivity contribution in [3.05, 3.63) is 71.8 Å². The Kier molecular flexibility index (Phi) is 7.54. The highest BCUT2D eigenvalue weighted by Crippen LogP contribution is 2.44. The van der Waals surface area contributed by atoms with Gasteiger partial charge in [-0.3, -0.25) is 4.79 Å². The van der Waals surface area contributed by atoms with Crippen LogP contribution < -0.4 is 10.6 Å². The SMILES string of the molecule is CC(C)C[C@H](NC(=O)[C@@H]1CC=C[C@@H](NC(=O)OCC2c3ccccc3-c3ccccc32)C1)C(=O)O. The maximum atomic E-state index is 12.7. The van der Waals surface area contributed by atoms with Gasteiger partial charge in [0.25, 0.3) is 0 Å². The number of nitrogens with one attached hydrogen (secondary N) is 2. The Labute approximate surface area is 205 Å². The van der Waals surface area contributed by atoms with E-state index in [2.05, 4.69) is 34.9 Å². The number of carbonyl (C=O) groups excluding carboxylic acids is 2. The molecule has 3 atom stereocenters. The molecule has 0 radical (unpaired) electrons. The first-order valence-electron chi connectivity index (χ1n) is 12.1. The van der Waals surface area contributed by atoms with Crippen LogP contribution in [0, 0.1) is 11.8 Å². The highest BCUT2D eigenvalue weighted by atomic mass is 16.5. The molecule has 0 aromatic heterocycles. The number of rotatable bonds is 8. The maximum absolute atomic E-state index is 12.7. The molecule has 0 saturated carbocycles. The molecule has 7 heteroatoms. The number of alkyl carbamates (subject to hydrolysis) is 1. The molecule has 2 aromatic carbocycles. The molecule has 3 N–H and O–H groups in total. The fourth-order valence-electron chi connectivity index (χ4n) is 4.98. The van der Waals surface area contributed by atoms with Crippen LogP contribution in [0.1, 0.15) is 50.2 Å². The normalized spacial score (nSPS) is 19.5. The zero-order valence-corrected chi connectivity index (χ0v) is 20.1. The lowest BCUT2D eigenvalue weighted by Crippen LogP contribution is -2.46. The molecule has 4 rings (SSSR count). The number of carboxylic acid groups (broad SMARTS) is 1. The van der Waals surface area contributed by atoms with E-state index in [-0.39, 0.29) is 30.4 Å². The summed E-state index contributed by atoms with van der Waals surface area (Å²) in [5.74, 6) is -1.63. The van der Waals surface area contributed by atoms with Gasteiger partial charge < -0.3 is 20.5 Å². The Morgan fingerprint density at radius 2 is 1.66 bits per heavy atom. The summed E-state index contributed by atoms with van der Waals surface area (Å²) in [6.07, 6.45) is 4.42. The predicted molar refractivity (Wildman–Crippen MR) is 133 cm³/mol. The van der Waals surface area contributed by atoms with Crippen molar-refractivity contribution in [2.75, 3.05) is 6.61 Å². The number of allylic oxidation sites excluding steroid dienone is 1. The highest BCUT2D eigenvalue weighted by Gasteiger charge is 2.31. The average molecular weight is 477 g/mol. The van der Waals surface area contributed by atoms with Crippen molar-refractivity contribution < 1.29 is 24.2 Å². The van der Waals surface area contributed by atoms with E-state index in [0.29, 0.717) is 19.3 Å². The molecular weight excluding hydrogens is 444 g/mol. The zero-order chi connectivity index (χ0) is 24.9. The van der Waals surface area contributed by atoms with Gasteiger partial charge in [0.2, 0.25) is 5.91 Å². The summed E-state index contributed by atoms with van der Waals surface area (Å²) in [6, 6.07) is 15.0. The van der Waals surface area contributed by atoms with Crippen molar-refractivity contribution in [1.29, 1.82) is 0 Å². The van der Waals surface area contributed by atoms with Crippen LogP contribution in [-0.4, -0.2) is 41.8 Å². The smallest absolute Gasteiger partial charge is 0.407 e. The van der Waals surface area contributed by atoms with Gasteiger partial charge in [-0.2, -0.15) is 0 Å². The quantitative estimate of drug-likeness (QED) is 0.488. The van der Waals surface area contributed by atoms with Gasteiger partial charge in [-0.1, -0.05) is 74.5 Å². The van der Waals surface area contributed by atoms with E-state index >= 15 is 0 Å². The molecule has 0 bridgehead atoms. The first-order valence-corrected chi connectivity index (χ1v) is 12.1. The van der Waals surface area contributed by atoms with Gasteiger partial charge in [-0.15, -0.1) is 0 Å². The standard InChI is InChI=1S/C28H32N2O5/c1-17(2)14-25(27(32)33)30-26(31)18-8-7-9-19(15-18)29-28(34)35-16-24-22-12-5-3-10-20(22)21-11-4-6-13-23(21)24/h3-7,9-13,17-19,24-25H,8,14-16H2,1-2H3,(H,29,34)(H,30,31)(H,32,33)/t18-,19-,25+/m1/s1. The number of hydrogen-bond acceptors (Lipinski definition) is 4. The zero-order valence-electron chi connectivity index (χ0n) is 20.1. The second kappa shape index (κ2) is 10.8. The lowest BCUT2D eigenvalue weighted by Gasteiger charge is -2.26. The highest BCUT2D eigenvalue weighted by molar-refractivity contribution is 5.85. The number of aliphatic carboxylic acids is 1. The molecule has 2 aliphatic rings. The van der Waals surface area contributed by atoms with E-state index in [1.807, 2.05) is 50.3 Å². The third-order valence-electron chi connectivity index (χ3n) is 6.67. The van der Waals surface area contributed by atoms with Crippen LogP contribution in [0.5, 0.6) is 0 Å². The van der Waals surface area contributed by atoms with Crippen molar-refractivity contribution >= 4 is 18.0 Å². The van der Waals surface area contributed by atoms with Crippen LogP contribution in [0.2, 0.25) is 0 Å². The topological polar surface area (TPSA) is 105 Å². The lowest BCUT2D eigenvalue weighted by atomic mass is 9.90. The van der Waals surface area contributed by atoms with Crippen LogP contribution in [0.3, 0.4) is 0 Å². The van der Waals surface area contributed by atoms with Gasteiger partial charge >= 0.3 is 12.1 Å². The van der Waals surface area contributed by atoms with E-state index < -0.39 is 24.0 Å². The van der Waals surface area contributed by atoms with Gasteiger partial charge in [-0.05, 0) is 47.4 Å². The van der Waals surface area contributed by atoms with E-state index in [9.17, 15) is 19.5 Å². The summed E-state index contributed by atoms with van der Waals surface area (Å²) in [6.45, 7) is 4.05. The average Bonchev–Trinajstić information content (AvgIpc) is 3.16. The van der Waals surface area contributed by atoms with Crippen molar-refractivity contribution in [1.82, 2.24) is 10.6 Å². The first kappa shape index (κ1) is 24.5. The minimum atomic E-state index is -1.04. The number of ether oxygens (including phenoxy) is 1. The van der Waals surface area contributed by atoms with E-state index in [1.165, 1.54) is 11.1 Å². The van der Waals surface area contributed by atoms with Crippen molar-refractivity contribution in [3.63, 3.8) is 0 Å². The number of hydrogen-bond donors (Lipinski definition) is 3. The predicted octanol–water partition coefficient (Wildman–Crippen LogP) is 4.48. The summed E-state index contributed by atoms with van der Waals surface area (Å²) < 4.78 is 5.62. The monoisotopic (exact) mass is 476 g/mol. The van der Waals surface area contributed by atoms with Gasteiger partial charge in [0.1, 0.15) is 12.6 Å². The number of carbonyl (C=O) groups is 3. The van der Waals surface area contributed by atoms with Crippen molar-refractivity contribution in [3.8, 4) is 11.1 Å². The Hall–Kier alpha value is -3.61. The molecule has 7 nitrogen and oxygen atoms in total. The third kappa shape index (κ3) is 5.73. The molecule has 0 saturated heterocycles. The molecular formula is C28H32N2O5. The maximum Gasteiger partial charge on any atom is 0.407 e. The molecule has 0 unspecified atom stereocenters. The summed E-state index contributed by atoms with van der Waals surface area (Å²) in [7, 11) is 0. The molecule has 2 aliphatic carbocycles. The van der Waals surface area contributed by atoms with Gasteiger partial charge in [0.15, 0.2) is 0 Å². The van der Waals surface area contributed by atoms with Gasteiger partial charge in [0, 0.05) is 11.8 Å². The molecule has 0 heterocycles. The summed E-state index contributed by atoms with van der Waals surface area (Å²) >= 11 is 0. The number of carboxylic acids is 1.